The van der Waals surface area contributed by atoms with Gasteiger partial charge in [-0.2, -0.15) is 5.10 Å². The molecule has 0 fully saturated rings. The average molecular weight is 332 g/mol. The van der Waals surface area contributed by atoms with Crippen LogP contribution in [-0.4, -0.2) is 20.2 Å². The zero-order valence-corrected chi connectivity index (χ0v) is 15.2. The highest BCUT2D eigenvalue weighted by molar-refractivity contribution is 5.82. The van der Waals surface area contributed by atoms with Crippen molar-refractivity contribution in [1.82, 2.24) is 20.2 Å². The Morgan fingerprint density at radius 3 is 2.24 bits per heavy atom. The van der Waals surface area contributed by atoms with Gasteiger partial charge in [0.1, 0.15) is 0 Å². The van der Waals surface area contributed by atoms with E-state index in [0.717, 1.165) is 16.6 Å². The minimum Gasteiger partial charge on any atom is -0.278 e. The van der Waals surface area contributed by atoms with Crippen LogP contribution in [0.15, 0.2) is 55.0 Å². The molecule has 0 saturated carbocycles. The van der Waals surface area contributed by atoms with E-state index in [0.29, 0.717) is 11.8 Å². The van der Waals surface area contributed by atoms with Crippen molar-refractivity contribution in [2.24, 2.45) is 0 Å². The first-order chi connectivity index (χ1) is 12.1. The van der Waals surface area contributed by atoms with Crippen molar-refractivity contribution in [2.75, 3.05) is 0 Å². The number of nitrogens with one attached hydrogen (secondary N) is 1. The molecule has 0 aliphatic heterocycles. The molecule has 0 bridgehead atoms. The summed E-state index contributed by atoms with van der Waals surface area (Å²) in [5.41, 5.74) is 5.77. The van der Waals surface area contributed by atoms with Crippen LogP contribution in [0, 0.1) is 0 Å². The highest BCUT2D eigenvalue weighted by Gasteiger charge is 2.05. The highest BCUT2D eigenvalue weighted by Crippen LogP contribution is 2.23. The molecule has 1 N–H and O–H groups in total. The Bertz CT molecular complexity index is 964. The molecule has 0 atom stereocenters. The second-order valence-electron chi connectivity index (χ2n) is 6.76. The summed E-state index contributed by atoms with van der Waals surface area (Å²) in [7, 11) is 0. The molecule has 4 aromatic rings. The zero-order chi connectivity index (χ0) is 17.8. The second-order valence-corrected chi connectivity index (χ2v) is 6.76. The van der Waals surface area contributed by atoms with E-state index in [9.17, 15) is 0 Å². The second kappa shape index (κ2) is 7.43. The van der Waals surface area contributed by atoms with Crippen LogP contribution in [0.2, 0.25) is 0 Å². The van der Waals surface area contributed by atoms with E-state index in [4.69, 9.17) is 0 Å². The smallest absolute Gasteiger partial charge is 0.0921 e. The van der Waals surface area contributed by atoms with Crippen molar-refractivity contribution in [3.63, 3.8) is 0 Å². The summed E-state index contributed by atoms with van der Waals surface area (Å²) in [6.07, 6.45) is 5.37. The maximum atomic E-state index is 4.34. The van der Waals surface area contributed by atoms with Crippen LogP contribution >= 0.6 is 0 Å². The van der Waals surface area contributed by atoms with E-state index in [2.05, 4.69) is 66.1 Å². The molecule has 0 spiro atoms. The molecule has 2 aromatic heterocycles. The molecule has 0 radical (unpaired) electrons. The summed E-state index contributed by atoms with van der Waals surface area (Å²) in [6, 6.07) is 12.4. The van der Waals surface area contributed by atoms with Crippen LogP contribution in [0.4, 0.5) is 0 Å². The Morgan fingerprint density at radius 2 is 1.48 bits per heavy atom. The lowest BCUT2D eigenvalue weighted by molar-refractivity contribution is 0.872. The minimum absolute atomic E-state index is 0.500. The monoisotopic (exact) mass is 332 g/mol. The predicted octanol–water partition coefficient (Wildman–Crippen LogP) is 5.44. The lowest BCUT2D eigenvalue weighted by Crippen LogP contribution is -1.92. The Hall–Kier alpha value is -2.75. The van der Waals surface area contributed by atoms with Gasteiger partial charge in [0.2, 0.25) is 0 Å². The summed E-state index contributed by atoms with van der Waals surface area (Å²) >= 11 is 0. The number of benzene rings is 2. The fraction of sp³-hybridized carbons (Fsp3) is 0.286. The van der Waals surface area contributed by atoms with Crippen LogP contribution in [0.5, 0.6) is 0 Å². The Balaban J connectivity index is 0.000000146. The molecule has 25 heavy (non-hydrogen) atoms. The number of aromatic nitrogens is 4. The van der Waals surface area contributed by atoms with E-state index in [1.54, 1.807) is 12.4 Å². The van der Waals surface area contributed by atoms with Gasteiger partial charge in [0.05, 0.1) is 22.7 Å². The van der Waals surface area contributed by atoms with E-state index in [1.165, 1.54) is 16.5 Å². The van der Waals surface area contributed by atoms with Crippen LogP contribution in [0.25, 0.3) is 21.9 Å². The van der Waals surface area contributed by atoms with Gasteiger partial charge in [-0.3, -0.25) is 15.1 Å². The molecule has 0 unspecified atom stereocenters. The number of nitrogens with zero attached hydrogens (tertiary/aromatic N) is 3. The van der Waals surface area contributed by atoms with Gasteiger partial charge < -0.3 is 0 Å². The maximum Gasteiger partial charge on any atom is 0.0921 e. The number of para-hydroxylation sites is 1. The molecule has 2 aromatic carbocycles. The van der Waals surface area contributed by atoms with Crippen molar-refractivity contribution in [3.05, 3.63) is 66.1 Å². The van der Waals surface area contributed by atoms with Gasteiger partial charge in [-0.15, -0.1) is 0 Å². The molecular formula is C21H24N4. The van der Waals surface area contributed by atoms with E-state index in [1.807, 2.05) is 24.4 Å². The maximum absolute atomic E-state index is 4.34. The Kier molecular flexibility index (Phi) is 5.08. The predicted molar refractivity (Wildman–Crippen MR) is 104 cm³/mol. The van der Waals surface area contributed by atoms with Gasteiger partial charge in [-0.25, -0.2) is 0 Å². The Labute approximate surface area is 148 Å². The van der Waals surface area contributed by atoms with E-state index >= 15 is 0 Å². The lowest BCUT2D eigenvalue weighted by Gasteiger charge is -2.07. The molecular weight excluding hydrogens is 308 g/mol. The molecule has 0 saturated heterocycles. The van der Waals surface area contributed by atoms with Crippen molar-refractivity contribution < 1.29 is 0 Å². The fourth-order valence-corrected chi connectivity index (χ4v) is 2.98. The summed E-state index contributed by atoms with van der Waals surface area (Å²) < 4.78 is 0. The first-order valence-corrected chi connectivity index (χ1v) is 8.69. The van der Waals surface area contributed by atoms with Crippen LogP contribution < -0.4 is 0 Å². The van der Waals surface area contributed by atoms with Gasteiger partial charge >= 0.3 is 0 Å². The Morgan fingerprint density at radius 1 is 0.800 bits per heavy atom. The van der Waals surface area contributed by atoms with E-state index < -0.39 is 0 Å². The average Bonchev–Trinajstić information content (AvgIpc) is 3.10. The first-order valence-electron chi connectivity index (χ1n) is 8.69. The standard InChI is InChI=1S/C11H12N2.C10H12N2/c1-8(2)9-4-3-5-10-11(9)13-7-6-12-10;1-7(2)8-4-3-5-10-9(8)6-11-12-10/h3-8H,1-2H3;3-7H,1-2H3,(H,11,12). The molecule has 128 valence electrons. The lowest BCUT2D eigenvalue weighted by atomic mass is 10.00. The number of H-pyrrole nitrogens is 1. The summed E-state index contributed by atoms with van der Waals surface area (Å²) in [5.74, 6) is 1.06. The van der Waals surface area contributed by atoms with Crippen molar-refractivity contribution in [1.29, 1.82) is 0 Å². The number of rotatable bonds is 2. The number of hydrogen-bond donors (Lipinski definition) is 1. The minimum atomic E-state index is 0.500. The molecule has 4 heteroatoms. The van der Waals surface area contributed by atoms with Gasteiger partial charge in [-0.1, -0.05) is 52.0 Å². The fourth-order valence-electron chi connectivity index (χ4n) is 2.98. The first kappa shape index (κ1) is 17.1. The number of aromatic amines is 1. The molecule has 0 aliphatic carbocycles. The summed E-state index contributed by atoms with van der Waals surface area (Å²) in [4.78, 5) is 8.60. The molecule has 2 heterocycles. The van der Waals surface area contributed by atoms with Crippen LogP contribution in [0.1, 0.15) is 50.7 Å². The van der Waals surface area contributed by atoms with E-state index in [-0.39, 0.29) is 0 Å². The molecule has 4 nitrogen and oxygen atoms in total. The third-order valence-electron chi connectivity index (χ3n) is 4.29. The van der Waals surface area contributed by atoms with Gasteiger partial charge in [0, 0.05) is 17.8 Å². The van der Waals surface area contributed by atoms with Crippen molar-refractivity contribution >= 4 is 21.9 Å². The quantitative estimate of drug-likeness (QED) is 0.532. The molecule has 0 aliphatic rings. The van der Waals surface area contributed by atoms with Gasteiger partial charge in [0.15, 0.2) is 0 Å². The zero-order valence-electron chi connectivity index (χ0n) is 15.2. The molecule has 0 amide bonds. The van der Waals surface area contributed by atoms with Crippen molar-refractivity contribution in [2.45, 2.75) is 39.5 Å². The number of fused-ring (bicyclic) bond motifs is 2. The topological polar surface area (TPSA) is 54.5 Å². The third-order valence-corrected chi connectivity index (χ3v) is 4.29. The molecule has 4 rings (SSSR count). The summed E-state index contributed by atoms with van der Waals surface area (Å²) in [5, 5.41) is 8.23. The van der Waals surface area contributed by atoms with Crippen LogP contribution in [0.3, 0.4) is 0 Å². The van der Waals surface area contributed by atoms with Gasteiger partial charge in [0.25, 0.3) is 0 Å². The highest BCUT2D eigenvalue weighted by atomic mass is 15.1. The summed E-state index contributed by atoms with van der Waals surface area (Å²) in [6.45, 7) is 8.73. The van der Waals surface area contributed by atoms with Gasteiger partial charge in [-0.05, 0) is 35.1 Å². The SMILES string of the molecule is CC(C)c1cccc2[nH]ncc12.CC(C)c1cccc2nccnc12. The van der Waals surface area contributed by atoms with Crippen LogP contribution in [-0.2, 0) is 0 Å². The third kappa shape index (κ3) is 3.68. The number of hydrogen-bond acceptors (Lipinski definition) is 3. The van der Waals surface area contributed by atoms with Crippen molar-refractivity contribution in [3.8, 4) is 0 Å². The largest absolute Gasteiger partial charge is 0.278 e. The normalized spacial score (nSPS) is 11.1.